The third-order valence-corrected chi connectivity index (χ3v) is 3.48. The van der Waals surface area contributed by atoms with E-state index in [1.165, 1.54) is 32.5 Å². The van der Waals surface area contributed by atoms with Crippen LogP contribution in [0.15, 0.2) is 0 Å². The molecule has 0 atom stereocenters. The molecule has 2 nitrogen and oxygen atoms in total. The van der Waals surface area contributed by atoms with Crippen LogP contribution < -0.4 is 5.32 Å². The Morgan fingerprint density at radius 1 is 1.31 bits per heavy atom. The minimum absolute atomic E-state index is 0.392. The van der Waals surface area contributed by atoms with E-state index in [1.54, 1.807) is 0 Å². The van der Waals surface area contributed by atoms with Crippen molar-refractivity contribution >= 4 is 0 Å². The van der Waals surface area contributed by atoms with Gasteiger partial charge in [-0.1, -0.05) is 34.6 Å². The molecule has 1 N–H and O–H groups in total. The standard InChI is InChI=1S/C14H30N2/c1-6-15-10-14(4,5)12-16-9-7-8-13(2,3)11-16/h15H,6-12H2,1-5H3. The summed E-state index contributed by atoms with van der Waals surface area (Å²) in [5.74, 6) is 0. The first-order valence-corrected chi connectivity index (χ1v) is 6.78. The van der Waals surface area contributed by atoms with Crippen molar-refractivity contribution in [1.29, 1.82) is 0 Å². The van der Waals surface area contributed by atoms with Crippen LogP contribution in [0.3, 0.4) is 0 Å². The van der Waals surface area contributed by atoms with E-state index in [1.807, 2.05) is 0 Å². The molecule has 0 aromatic heterocycles. The van der Waals surface area contributed by atoms with Crippen molar-refractivity contribution in [3.05, 3.63) is 0 Å². The number of nitrogens with one attached hydrogen (secondary N) is 1. The lowest BCUT2D eigenvalue weighted by molar-refractivity contribution is 0.0807. The van der Waals surface area contributed by atoms with Gasteiger partial charge in [0.2, 0.25) is 0 Å². The average Bonchev–Trinajstić information content (AvgIpc) is 2.12. The summed E-state index contributed by atoms with van der Waals surface area (Å²) >= 11 is 0. The van der Waals surface area contributed by atoms with Gasteiger partial charge < -0.3 is 10.2 Å². The summed E-state index contributed by atoms with van der Waals surface area (Å²) in [6, 6.07) is 0. The molecule has 0 aromatic rings. The Labute approximate surface area is 102 Å². The summed E-state index contributed by atoms with van der Waals surface area (Å²) in [5, 5.41) is 3.47. The average molecular weight is 226 g/mol. The summed E-state index contributed by atoms with van der Waals surface area (Å²) in [6.45, 7) is 17.7. The molecule has 1 aliphatic heterocycles. The molecular weight excluding hydrogens is 196 g/mol. The maximum atomic E-state index is 3.47. The maximum Gasteiger partial charge on any atom is 0.00451 e. The van der Waals surface area contributed by atoms with E-state index in [9.17, 15) is 0 Å². The Morgan fingerprint density at radius 2 is 2.00 bits per heavy atom. The molecule has 0 radical (unpaired) electrons. The number of piperidine rings is 1. The normalized spacial score (nSPS) is 22.3. The lowest BCUT2D eigenvalue weighted by Crippen LogP contribution is -2.46. The molecule has 0 saturated carbocycles. The van der Waals surface area contributed by atoms with E-state index >= 15 is 0 Å². The Balaban J connectivity index is 2.40. The first-order valence-electron chi connectivity index (χ1n) is 6.78. The van der Waals surface area contributed by atoms with Gasteiger partial charge in [-0.15, -0.1) is 0 Å². The summed E-state index contributed by atoms with van der Waals surface area (Å²) in [6.07, 6.45) is 2.75. The number of hydrogen-bond donors (Lipinski definition) is 1. The van der Waals surface area contributed by atoms with Crippen molar-refractivity contribution in [2.24, 2.45) is 10.8 Å². The van der Waals surface area contributed by atoms with E-state index < -0.39 is 0 Å². The smallest absolute Gasteiger partial charge is 0.00451 e. The van der Waals surface area contributed by atoms with Gasteiger partial charge in [-0.25, -0.2) is 0 Å². The monoisotopic (exact) mass is 226 g/mol. The van der Waals surface area contributed by atoms with E-state index in [4.69, 9.17) is 0 Å². The van der Waals surface area contributed by atoms with Gasteiger partial charge in [0, 0.05) is 19.6 Å². The zero-order chi connectivity index (χ0) is 12.2. The van der Waals surface area contributed by atoms with Crippen molar-refractivity contribution in [3.63, 3.8) is 0 Å². The van der Waals surface area contributed by atoms with Gasteiger partial charge >= 0.3 is 0 Å². The summed E-state index contributed by atoms with van der Waals surface area (Å²) < 4.78 is 0. The third kappa shape index (κ3) is 4.84. The molecule has 16 heavy (non-hydrogen) atoms. The molecule has 0 spiro atoms. The highest BCUT2D eigenvalue weighted by atomic mass is 15.1. The van der Waals surface area contributed by atoms with Gasteiger partial charge in [-0.3, -0.25) is 0 Å². The Morgan fingerprint density at radius 3 is 2.56 bits per heavy atom. The lowest BCUT2D eigenvalue weighted by atomic mass is 9.82. The second-order valence-corrected chi connectivity index (χ2v) is 6.92. The molecule has 1 heterocycles. The van der Waals surface area contributed by atoms with E-state index in [0.717, 1.165) is 13.1 Å². The predicted molar refractivity (Wildman–Crippen MR) is 71.8 cm³/mol. The largest absolute Gasteiger partial charge is 0.316 e. The van der Waals surface area contributed by atoms with Crippen LogP contribution in [0.4, 0.5) is 0 Å². The van der Waals surface area contributed by atoms with Crippen LogP contribution >= 0.6 is 0 Å². The maximum absolute atomic E-state index is 3.47. The molecular formula is C14H30N2. The van der Waals surface area contributed by atoms with Crippen molar-refractivity contribution in [2.45, 2.75) is 47.5 Å². The van der Waals surface area contributed by atoms with Gasteiger partial charge in [0.25, 0.3) is 0 Å². The fourth-order valence-electron chi connectivity index (χ4n) is 2.80. The second-order valence-electron chi connectivity index (χ2n) is 6.92. The quantitative estimate of drug-likeness (QED) is 0.775. The van der Waals surface area contributed by atoms with Crippen molar-refractivity contribution < 1.29 is 0 Å². The van der Waals surface area contributed by atoms with Crippen molar-refractivity contribution in [2.75, 3.05) is 32.7 Å². The van der Waals surface area contributed by atoms with E-state index in [0.29, 0.717) is 10.8 Å². The van der Waals surface area contributed by atoms with Gasteiger partial charge in [-0.2, -0.15) is 0 Å². The molecule has 1 rings (SSSR count). The fraction of sp³-hybridized carbons (Fsp3) is 1.00. The Hall–Kier alpha value is -0.0800. The molecule has 0 unspecified atom stereocenters. The highest BCUT2D eigenvalue weighted by molar-refractivity contribution is 4.84. The molecule has 1 fully saturated rings. The minimum atomic E-state index is 0.392. The van der Waals surface area contributed by atoms with Crippen LogP contribution in [0.2, 0.25) is 0 Å². The Kier molecular flexibility index (Phi) is 4.81. The predicted octanol–water partition coefficient (Wildman–Crippen LogP) is 2.74. The van der Waals surface area contributed by atoms with Crippen LogP contribution in [0.1, 0.15) is 47.5 Å². The lowest BCUT2D eigenvalue weighted by Gasteiger charge is -2.41. The molecule has 1 aliphatic rings. The van der Waals surface area contributed by atoms with Crippen LogP contribution in [0, 0.1) is 10.8 Å². The summed E-state index contributed by atoms with van der Waals surface area (Å²) in [5.41, 5.74) is 0.913. The number of hydrogen-bond acceptors (Lipinski definition) is 2. The Bertz CT molecular complexity index is 209. The van der Waals surface area contributed by atoms with Crippen LogP contribution in [0.5, 0.6) is 0 Å². The van der Waals surface area contributed by atoms with Gasteiger partial charge in [0.1, 0.15) is 0 Å². The van der Waals surface area contributed by atoms with Gasteiger partial charge in [0.15, 0.2) is 0 Å². The van der Waals surface area contributed by atoms with Gasteiger partial charge in [0.05, 0.1) is 0 Å². The van der Waals surface area contributed by atoms with Crippen LogP contribution in [-0.2, 0) is 0 Å². The van der Waals surface area contributed by atoms with Crippen LogP contribution in [-0.4, -0.2) is 37.6 Å². The SMILES string of the molecule is CCNCC(C)(C)CN1CCCC(C)(C)C1. The molecule has 0 bridgehead atoms. The van der Waals surface area contributed by atoms with E-state index in [2.05, 4.69) is 44.8 Å². The molecule has 0 aliphatic carbocycles. The second kappa shape index (κ2) is 5.50. The molecule has 0 aromatic carbocycles. The van der Waals surface area contributed by atoms with Crippen molar-refractivity contribution in [3.8, 4) is 0 Å². The fourth-order valence-corrected chi connectivity index (χ4v) is 2.80. The molecule has 2 heteroatoms. The highest BCUT2D eigenvalue weighted by Crippen LogP contribution is 2.30. The van der Waals surface area contributed by atoms with Crippen molar-refractivity contribution in [1.82, 2.24) is 10.2 Å². The molecule has 0 amide bonds. The molecule has 96 valence electrons. The number of nitrogens with zero attached hydrogens (tertiary/aromatic N) is 1. The number of rotatable bonds is 5. The van der Waals surface area contributed by atoms with Gasteiger partial charge in [-0.05, 0) is 36.8 Å². The number of likely N-dealkylation sites (tertiary alicyclic amines) is 1. The zero-order valence-electron chi connectivity index (χ0n) is 11.9. The minimum Gasteiger partial charge on any atom is -0.316 e. The van der Waals surface area contributed by atoms with Crippen LogP contribution in [0.25, 0.3) is 0 Å². The first-order chi connectivity index (χ1) is 7.35. The van der Waals surface area contributed by atoms with E-state index in [-0.39, 0.29) is 0 Å². The first kappa shape index (κ1) is 14.0. The summed E-state index contributed by atoms with van der Waals surface area (Å²) in [7, 11) is 0. The topological polar surface area (TPSA) is 15.3 Å². The molecule has 1 saturated heterocycles. The third-order valence-electron chi connectivity index (χ3n) is 3.48. The zero-order valence-corrected chi connectivity index (χ0v) is 11.9. The highest BCUT2D eigenvalue weighted by Gasteiger charge is 2.29. The summed E-state index contributed by atoms with van der Waals surface area (Å²) in [4.78, 5) is 2.65.